The largest absolute Gasteiger partial charge is 0.477 e. The molecule has 5 aliphatic heterocycles. The molecule has 6 atom stereocenters. The van der Waals surface area contributed by atoms with Crippen LogP contribution in [-0.4, -0.2) is 114 Å². The fourth-order valence-corrected chi connectivity index (χ4v) is 8.41. The van der Waals surface area contributed by atoms with Crippen molar-refractivity contribution in [1.82, 2.24) is 46.0 Å². The van der Waals surface area contributed by atoms with Crippen LogP contribution in [0.15, 0.2) is 16.9 Å². The number of nitrogens with zero attached hydrogens (tertiary/aromatic N) is 6. The lowest BCUT2D eigenvalue weighted by Crippen LogP contribution is -2.66. The molecule has 3 amide bonds. The maximum absolute atomic E-state index is 13.2. The highest BCUT2D eigenvalue weighted by molar-refractivity contribution is 8.03. The van der Waals surface area contributed by atoms with E-state index >= 15 is 0 Å². The molecule has 1 spiro atoms. The molecule has 1 unspecified atom stereocenters. The molecule has 0 aromatic carbocycles. The van der Waals surface area contributed by atoms with Gasteiger partial charge in [0.25, 0.3) is 0 Å². The normalized spacial score (nSPS) is 31.6. The number of hydrogen-bond acceptors (Lipinski definition) is 10. The first kappa shape index (κ1) is 27.1. The minimum atomic E-state index is -1.13. The lowest BCUT2D eigenvalue weighted by Gasteiger charge is -2.49. The van der Waals surface area contributed by atoms with Gasteiger partial charge in [0.2, 0.25) is 17.7 Å². The molecule has 1 aromatic heterocycles. The molecule has 14 nitrogen and oxygen atoms in total. The van der Waals surface area contributed by atoms with Gasteiger partial charge in [-0.2, -0.15) is 0 Å². The topological polar surface area (TPSA) is 175 Å². The number of likely N-dealkylation sites (tertiary alicyclic amines) is 1. The highest BCUT2D eigenvalue weighted by atomic mass is 32.2. The lowest BCUT2D eigenvalue weighted by molar-refractivity contribution is -0.158. The predicted octanol–water partition coefficient (Wildman–Crippen LogP) is -1.23. The molecule has 4 N–H and O–H groups in total. The quantitative estimate of drug-likeness (QED) is 0.274. The van der Waals surface area contributed by atoms with Gasteiger partial charge in [-0.3, -0.25) is 14.4 Å². The summed E-state index contributed by atoms with van der Waals surface area (Å²) >= 11 is 1.47. The van der Waals surface area contributed by atoms with Crippen molar-refractivity contribution in [2.45, 2.75) is 75.0 Å². The van der Waals surface area contributed by atoms with Gasteiger partial charge in [-0.1, -0.05) is 6.92 Å². The Hall–Kier alpha value is -3.04. The van der Waals surface area contributed by atoms with Crippen LogP contribution in [0, 0.1) is 11.8 Å². The monoisotopic (exact) mass is 573 g/mol. The number of nitrogens with one attached hydrogen (secondary N) is 3. The number of carboxylic acid groups (broad SMARTS) is 1. The molecule has 5 aliphatic rings. The van der Waals surface area contributed by atoms with Crippen molar-refractivity contribution < 1.29 is 24.3 Å². The van der Waals surface area contributed by atoms with E-state index in [0.29, 0.717) is 17.9 Å². The number of amides is 3. The Labute approximate surface area is 235 Å². The Morgan fingerprint density at radius 2 is 2.02 bits per heavy atom. The molecule has 40 heavy (non-hydrogen) atoms. The van der Waals surface area contributed by atoms with Crippen molar-refractivity contribution in [2.24, 2.45) is 11.8 Å². The third kappa shape index (κ3) is 4.67. The van der Waals surface area contributed by atoms with E-state index in [4.69, 9.17) is 0 Å². The summed E-state index contributed by atoms with van der Waals surface area (Å²) in [5, 5.41) is 30.5. The number of tetrazole rings is 1. The third-order valence-corrected chi connectivity index (χ3v) is 10.7. The molecule has 0 bridgehead atoms. The molecule has 0 saturated carbocycles. The molecular formula is C25H35N9O5S. The van der Waals surface area contributed by atoms with Crippen LogP contribution in [0.4, 0.5) is 0 Å². The molecule has 4 fully saturated rings. The van der Waals surface area contributed by atoms with Crippen LogP contribution in [0.25, 0.3) is 0 Å². The number of aromatic nitrogens is 4. The van der Waals surface area contributed by atoms with Crippen LogP contribution in [0.3, 0.4) is 0 Å². The van der Waals surface area contributed by atoms with Crippen LogP contribution in [0.2, 0.25) is 0 Å². The van der Waals surface area contributed by atoms with E-state index in [9.17, 15) is 24.3 Å². The average molecular weight is 574 g/mol. The number of carboxylic acids is 1. The third-order valence-electron chi connectivity index (χ3n) is 9.23. The number of β-lactam (4-membered cyclic amide) rings is 1. The van der Waals surface area contributed by atoms with E-state index in [2.05, 4.69) is 31.5 Å². The molecule has 216 valence electrons. The first-order valence-corrected chi connectivity index (χ1v) is 14.8. The Morgan fingerprint density at radius 3 is 2.65 bits per heavy atom. The van der Waals surface area contributed by atoms with Crippen molar-refractivity contribution in [3.63, 3.8) is 0 Å². The van der Waals surface area contributed by atoms with Gasteiger partial charge >= 0.3 is 5.97 Å². The number of carbonyl (C=O) groups is 4. The van der Waals surface area contributed by atoms with Gasteiger partial charge < -0.3 is 30.9 Å². The van der Waals surface area contributed by atoms with Gasteiger partial charge in [-0.15, -0.1) is 16.9 Å². The van der Waals surface area contributed by atoms with E-state index < -0.39 is 17.9 Å². The Balaban J connectivity index is 1.07. The maximum atomic E-state index is 13.2. The first-order chi connectivity index (χ1) is 19.2. The Kier molecular flexibility index (Phi) is 7.07. The molecule has 4 saturated heterocycles. The molecule has 1 aromatic rings. The molecule has 0 radical (unpaired) electrons. The van der Waals surface area contributed by atoms with Crippen LogP contribution in [0.1, 0.15) is 39.5 Å². The summed E-state index contributed by atoms with van der Waals surface area (Å²) < 4.78 is 1.29. The second-order valence-electron chi connectivity index (χ2n) is 11.6. The van der Waals surface area contributed by atoms with Gasteiger partial charge in [-0.05, 0) is 49.6 Å². The summed E-state index contributed by atoms with van der Waals surface area (Å²) in [6.45, 7) is 6.80. The van der Waals surface area contributed by atoms with E-state index in [1.54, 1.807) is 6.92 Å². The highest BCUT2D eigenvalue weighted by Crippen LogP contribution is 2.52. The van der Waals surface area contributed by atoms with E-state index in [-0.39, 0.29) is 58.8 Å². The first-order valence-electron chi connectivity index (χ1n) is 13.9. The highest BCUT2D eigenvalue weighted by Gasteiger charge is 2.60. The SMILES string of the molecule is C[C@@H](NC(=O)Cn1cnnn1)[C@H]1C(=O)N2C(C(=O)O)=C(SC3CN[C@H](C(=O)N4CCC5(CCN5)CC4)C3)[C@H](C)[C@H]12. The van der Waals surface area contributed by atoms with Gasteiger partial charge in [0, 0.05) is 47.3 Å². The number of thioether (sulfide) groups is 1. The van der Waals surface area contributed by atoms with Gasteiger partial charge in [-0.25, -0.2) is 9.48 Å². The minimum absolute atomic E-state index is 0.0193. The summed E-state index contributed by atoms with van der Waals surface area (Å²) in [5.41, 5.74) is 0.260. The summed E-state index contributed by atoms with van der Waals surface area (Å²) in [4.78, 5) is 55.2. The average Bonchev–Trinajstić information content (AvgIpc) is 3.63. The van der Waals surface area contributed by atoms with Crippen LogP contribution >= 0.6 is 11.8 Å². The Morgan fingerprint density at radius 1 is 1.27 bits per heavy atom. The lowest BCUT2D eigenvalue weighted by atomic mass is 9.78. The number of rotatable bonds is 8. The zero-order valence-electron chi connectivity index (χ0n) is 22.6. The summed E-state index contributed by atoms with van der Waals surface area (Å²) in [6, 6.07) is -1.13. The smallest absolute Gasteiger partial charge is 0.353 e. The Bertz CT molecular complexity index is 1230. The summed E-state index contributed by atoms with van der Waals surface area (Å²) in [7, 11) is 0. The molecule has 0 aliphatic carbocycles. The predicted molar refractivity (Wildman–Crippen MR) is 142 cm³/mol. The van der Waals surface area contributed by atoms with E-state index in [1.807, 2.05) is 11.8 Å². The van der Waals surface area contributed by atoms with Crippen molar-refractivity contribution in [1.29, 1.82) is 0 Å². The molecule has 15 heteroatoms. The van der Waals surface area contributed by atoms with Crippen LogP contribution in [-0.2, 0) is 25.7 Å². The molecule has 6 heterocycles. The minimum Gasteiger partial charge on any atom is -0.477 e. The van der Waals surface area contributed by atoms with Crippen molar-refractivity contribution in [3.8, 4) is 0 Å². The van der Waals surface area contributed by atoms with Crippen molar-refractivity contribution in [2.75, 3.05) is 26.2 Å². The van der Waals surface area contributed by atoms with Crippen molar-refractivity contribution >= 4 is 35.5 Å². The number of carbonyl (C=O) groups excluding carboxylic acids is 3. The zero-order chi connectivity index (χ0) is 28.2. The second kappa shape index (κ2) is 10.4. The number of fused-ring (bicyclic) bond motifs is 1. The molecular weight excluding hydrogens is 538 g/mol. The maximum Gasteiger partial charge on any atom is 0.353 e. The van der Waals surface area contributed by atoms with E-state index in [0.717, 1.165) is 32.5 Å². The van der Waals surface area contributed by atoms with Gasteiger partial charge in [0.1, 0.15) is 18.6 Å². The standard InChI is InChI=1S/C25H35N9O5S/c1-13-19-18(14(2)29-17(35)11-33-12-28-30-31-33)23(37)34(19)20(24(38)39)21(13)40-15-9-16(26-10-15)22(36)32-7-4-25(5-8-32)3-6-27-25/h12-16,18-19,26-27H,3-11H2,1-2H3,(H,29,35)(H,38,39)/t13-,14-,15?,16+,18-,19-/m1/s1. The summed E-state index contributed by atoms with van der Waals surface area (Å²) in [5.74, 6) is -2.40. The number of piperidine rings is 1. The van der Waals surface area contributed by atoms with E-state index in [1.165, 1.54) is 34.1 Å². The fraction of sp³-hybridized carbons (Fsp3) is 0.720. The zero-order valence-corrected chi connectivity index (χ0v) is 23.4. The van der Waals surface area contributed by atoms with Gasteiger partial charge in [0.05, 0.1) is 18.0 Å². The van der Waals surface area contributed by atoms with Crippen molar-refractivity contribution in [3.05, 3.63) is 16.9 Å². The van der Waals surface area contributed by atoms with Gasteiger partial charge in [0.15, 0.2) is 0 Å². The summed E-state index contributed by atoms with van der Waals surface area (Å²) in [6.07, 6.45) is 5.09. The van der Waals surface area contributed by atoms with Crippen LogP contribution < -0.4 is 16.0 Å². The fourth-order valence-electron chi connectivity index (χ4n) is 6.93. The number of hydrogen-bond donors (Lipinski definition) is 4. The molecule has 6 rings (SSSR count). The number of aliphatic carboxylic acids is 1. The van der Waals surface area contributed by atoms with Crippen LogP contribution in [0.5, 0.6) is 0 Å². The second-order valence-corrected chi connectivity index (χ2v) is 13.0.